The van der Waals surface area contributed by atoms with Crippen molar-refractivity contribution in [3.05, 3.63) is 29.2 Å². The van der Waals surface area contributed by atoms with Crippen molar-refractivity contribution in [3.63, 3.8) is 0 Å². The number of amides is 2. The zero-order valence-corrected chi connectivity index (χ0v) is 19.9. The molecule has 1 heterocycles. The molecular weight excluding hydrogens is 416 g/mol. The Hall–Kier alpha value is -3.11. The third-order valence-electron chi connectivity index (χ3n) is 4.44. The minimum Gasteiger partial charge on any atom is -0.444 e. The normalized spacial score (nSPS) is 11.2. The van der Waals surface area contributed by atoms with Crippen molar-refractivity contribution in [2.75, 3.05) is 38.1 Å². The molecule has 0 saturated carbocycles. The van der Waals surface area contributed by atoms with Crippen LogP contribution in [0.25, 0.3) is 11.1 Å². The summed E-state index contributed by atoms with van der Waals surface area (Å²) in [5, 5.41) is 10.9. The molecule has 0 fully saturated rings. The Labute approximate surface area is 188 Å². The quantitative estimate of drug-likeness (QED) is 0.348. The van der Waals surface area contributed by atoms with Gasteiger partial charge in [-0.2, -0.15) is 0 Å². The Kier molecular flexibility index (Phi) is 8.23. The summed E-state index contributed by atoms with van der Waals surface area (Å²) in [4.78, 5) is 30.8. The largest absolute Gasteiger partial charge is 0.444 e. The molecule has 1 aromatic carbocycles. The molecule has 2 N–H and O–H groups in total. The molecule has 1 aromatic heterocycles. The molecule has 0 aliphatic carbocycles. The van der Waals surface area contributed by atoms with Gasteiger partial charge in [0.1, 0.15) is 18.1 Å². The highest BCUT2D eigenvalue weighted by Gasteiger charge is 2.25. The van der Waals surface area contributed by atoms with Crippen LogP contribution in [-0.2, 0) is 14.3 Å². The summed E-state index contributed by atoms with van der Waals surface area (Å²) >= 11 is 0. The first-order chi connectivity index (χ1) is 15.0. The fourth-order valence-corrected chi connectivity index (χ4v) is 3.03. The predicted octanol–water partition coefficient (Wildman–Crippen LogP) is 4.34. The average Bonchev–Trinajstić information content (AvgIpc) is 3.04. The third-order valence-corrected chi connectivity index (χ3v) is 4.44. The molecule has 176 valence electrons. The maximum atomic E-state index is 13.1. The number of nitrogens with zero attached hydrogens (tertiary/aromatic N) is 2. The summed E-state index contributed by atoms with van der Waals surface area (Å²) in [7, 11) is 2.89. The topological polar surface area (TPSA) is 115 Å². The van der Waals surface area contributed by atoms with E-state index >= 15 is 0 Å². The van der Waals surface area contributed by atoms with E-state index in [1.807, 2.05) is 6.92 Å². The Morgan fingerprint density at radius 2 is 1.91 bits per heavy atom. The summed E-state index contributed by atoms with van der Waals surface area (Å²) in [5.41, 5.74) is 2.29. The van der Waals surface area contributed by atoms with Crippen LogP contribution in [0.5, 0.6) is 0 Å². The van der Waals surface area contributed by atoms with E-state index in [0.29, 0.717) is 35.0 Å². The monoisotopic (exact) mass is 448 g/mol. The number of benzene rings is 1. The van der Waals surface area contributed by atoms with Crippen LogP contribution in [0.2, 0.25) is 0 Å². The van der Waals surface area contributed by atoms with Crippen LogP contribution in [0.1, 0.15) is 49.5 Å². The Balaban J connectivity index is 2.68. The van der Waals surface area contributed by atoms with Crippen LogP contribution in [0.3, 0.4) is 0 Å². The molecule has 10 nitrogen and oxygen atoms in total. The van der Waals surface area contributed by atoms with Crippen molar-refractivity contribution in [2.24, 2.45) is 0 Å². The van der Waals surface area contributed by atoms with Crippen LogP contribution >= 0.6 is 0 Å². The van der Waals surface area contributed by atoms with Gasteiger partial charge in [0.25, 0.3) is 5.91 Å². The number of hydroxylamine groups is 2. The van der Waals surface area contributed by atoms with E-state index in [1.165, 1.54) is 14.2 Å². The number of carbonyl (C=O) groups excluding carboxylic acids is 2. The van der Waals surface area contributed by atoms with Crippen molar-refractivity contribution in [3.8, 4) is 11.1 Å². The lowest BCUT2D eigenvalue weighted by Gasteiger charge is -2.23. The van der Waals surface area contributed by atoms with E-state index in [9.17, 15) is 9.59 Å². The number of rotatable bonds is 8. The number of aryl methyl sites for hydroxylation is 2. The molecule has 0 spiro atoms. The molecule has 2 rings (SSSR count). The Morgan fingerprint density at radius 1 is 1.22 bits per heavy atom. The lowest BCUT2D eigenvalue weighted by molar-refractivity contribution is -0.0756. The lowest BCUT2D eigenvalue weighted by Crippen LogP contribution is -2.29. The number of hydrogen-bond acceptors (Lipinski definition) is 8. The van der Waals surface area contributed by atoms with Crippen LogP contribution in [0.4, 0.5) is 16.2 Å². The summed E-state index contributed by atoms with van der Waals surface area (Å²) in [6, 6.07) is 3.42. The number of hydrogen-bond donors (Lipinski definition) is 2. The maximum Gasteiger partial charge on any atom is 0.412 e. The molecule has 2 amide bonds. The molecule has 10 heteroatoms. The van der Waals surface area contributed by atoms with Gasteiger partial charge in [0.15, 0.2) is 0 Å². The van der Waals surface area contributed by atoms with Gasteiger partial charge >= 0.3 is 6.09 Å². The van der Waals surface area contributed by atoms with Crippen molar-refractivity contribution >= 4 is 23.4 Å². The molecule has 0 radical (unpaired) electrons. The number of ether oxygens (including phenoxy) is 2. The van der Waals surface area contributed by atoms with Gasteiger partial charge < -0.3 is 19.3 Å². The number of carbonyl (C=O) groups is 2. The van der Waals surface area contributed by atoms with E-state index in [2.05, 4.69) is 15.8 Å². The smallest absolute Gasteiger partial charge is 0.412 e. The van der Waals surface area contributed by atoms with Gasteiger partial charge in [-0.3, -0.25) is 14.9 Å². The number of nitrogens with one attached hydrogen (secondary N) is 2. The van der Waals surface area contributed by atoms with E-state index in [1.54, 1.807) is 46.8 Å². The average molecular weight is 449 g/mol. The fraction of sp³-hybridized carbons (Fsp3) is 0.500. The van der Waals surface area contributed by atoms with Crippen LogP contribution in [0.15, 0.2) is 16.7 Å². The van der Waals surface area contributed by atoms with Crippen molar-refractivity contribution in [1.29, 1.82) is 0 Å². The van der Waals surface area contributed by atoms with E-state index in [4.69, 9.17) is 18.8 Å². The molecule has 0 saturated heterocycles. The predicted molar refractivity (Wildman–Crippen MR) is 120 cm³/mol. The minimum absolute atomic E-state index is 0.126. The van der Waals surface area contributed by atoms with Crippen molar-refractivity contribution in [1.82, 2.24) is 10.2 Å². The van der Waals surface area contributed by atoms with Crippen LogP contribution in [-0.4, -0.2) is 55.3 Å². The Bertz CT molecular complexity index is 945. The second kappa shape index (κ2) is 10.5. The van der Waals surface area contributed by atoms with E-state index in [-0.39, 0.29) is 12.3 Å². The van der Waals surface area contributed by atoms with E-state index in [0.717, 1.165) is 10.6 Å². The van der Waals surface area contributed by atoms with Crippen molar-refractivity contribution in [2.45, 2.75) is 47.1 Å². The third kappa shape index (κ3) is 6.21. The van der Waals surface area contributed by atoms with Gasteiger partial charge in [0, 0.05) is 19.2 Å². The second-order valence-electron chi connectivity index (χ2n) is 8.07. The zero-order valence-electron chi connectivity index (χ0n) is 19.9. The molecule has 0 unspecified atom stereocenters. The van der Waals surface area contributed by atoms with Gasteiger partial charge in [0.2, 0.25) is 0 Å². The first-order valence-electron chi connectivity index (χ1n) is 10.2. The van der Waals surface area contributed by atoms with Gasteiger partial charge in [-0.25, -0.2) is 9.86 Å². The lowest BCUT2D eigenvalue weighted by atomic mass is 9.98. The highest BCUT2D eigenvalue weighted by Crippen LogP contribution is 2.36. The summed E-state index contributed by atoms with van der Waals surface area (Å²) in [5.74, 6) is 0.159. The minimum atomic E-state index is -0.697. The Morgan fingerprint density at radius 3 is 2.44 bits per heavy atom. The summed E-state index contributed by atoms with van der Waals surface area (Å²) in [6.07, 6.45) is -0.661. The summed E-state index contributed by atoms with van der Waals surface area (Å²) in [6.45, 7) is 11.3. The fourth-order valence-electron chi connectivity index (χ4n) is 3.03. The second-order valence-corrected chi connectivity index (χ2v) is 8.07. The van der Waals surface area contributed by atoms with Gasteiger partial charge in [-0.05, 0) is 59.2 Å². The first kappa shape index (κ1) is 25.2. The van der Waals surface area contributed by atoms with Crippen LogP contribution in [0, 0.1) is 13.8 Å². The summed E-state index contributed by atoms with van der Waals surface area (Å²) < 4.78 is 16.1. The maximum absolute atomic E-state index is 13.1. The highest BCUT2D eigenvalue weighted by atomic mass is 16.7. The molecule has 0 aliphatic rings. The molecule has 32 heavy (non-hydrogen) atoms. The van der Waals surface area contributed by atoms with Gasteiger partial charge in [-0.1, -0.05) is 5.16 Å². The molecule has 2 aromatic rings. The van der Waals surface area contributed by atoms with Crippen molar-refractivity contribution < 1.29 is 28.4 Å². The molecule has 0 aliphatic heterocycles. The highest BCUT2D eigenvalue weighted by molar-refractivity contribution is 6.05. The number of anilines is 2. The van der Waals surface area contributed by atoms with E-state index < -0.39 is 17.6 Å². The number of aromatic nitrogens is 1. The SMILES string of the molecule is CCOCNc1c(NC(=O)OC(C)(C)C)cc(-c2c(C)noc2C)cc1C(=O)N(C)OC. The standard InChI is InChI=1S/C22H32N4O6/c1-9-30-12-23-19-16(20(27)26(7)29-8)10-15(18-13(2)25-32-14(18)3)11-17(19)24-21(28)31-22(4,5)6/h10-11,23H,9,12H2,1-8H3,(H,24,28). The molecule has 0 bridgehead atoms. The van der Waals surface area contributed by atoms with Gasteiger partial charge in [-0.15, -0.1) is 0 Å². The molecular formula is C22H32N4O6. The zero-order chi connectivity index (χ0) is 24.1. The van der Waals surface area contributed by atoms with Crippen LogP contribution < -0.4 is 10.6 Å². The molecule has 0 atom stereocenters. The van der Waals surface area contributed by atoms with Gasteiger partial charge in [0.05, 0.1) is 29.7 Å². The first-order valence-corrected chi connectivity index (χ1v) is 10.2.